The van der Waals surface area contributed by atoms with Crippen LogP contribution in [0.1, 0.15) is 25.8 Å². The number of carbonyl (C=O) groups excluding carboxylic acids is 1. The van der Waals surface area contributed by atoms with Gasteiger partial charge in [0.25, 0.3) is 0 Å². The third kappa shape index (κ3) is 6.99. The predicted octanol–water partition coefficient (Wildman–Crippen LogP) is 2.75. The number of nitrogens with one attached hydrogen (secondary N) is 1. The van der Waals surface area contributed by atoms with Gasteiger partial charge in [-0.15, -0.1) is 0 Å². The van der Waals surface area contributed by atoms with Crippen molar-refractivity contribution >= 4 is 11.9 Å². The molecule has 24 heavy (non-hydrogen) atoms. The van der Waals surface area contributed by atoms with E-state index in [4.69, 9.17) is 9.84 Å². The Kier molecular flexibility index (Phi) is 6.77. The van der Waals surface area contributed by atoms with Crippen molar-refractivity contribution in [3.63, 3.8) is 0 Å². The number of alkyl halides is 3. The monoisotopic (exact) mass is 347 g/mol. The molecule has 134 valence electrons. The molecule has 2 N–H and O–H groups in total. The van der Waals surface area contributed by atoms with E-state index in [1.165, 1.54) is 13.8 Å². The Bertz CT molecular complexity index is 558. The lowest BCUT2D eigenvalue weighted by Crippen LogP contribution is -2.49. The molecule has 0 aliphatic carbocycles. The van der Waals surface area contributed by atoms with Crippen LogP contribution in [-0.4, -0.2) is 35.8 Å². The minimum Gasteiger partial charge on any atom is -0.480 e. The molecule has 1 atom stereocenters. The van der Waals surface area contributed by atoms with Crippen molar-refractivity contribution in [3.8, 4) is 0 Å². The number of carboxylic acids is 1. The summed E-state index contributed by atoms with van der Waals surface area (Å²) in [7, 11) is 0. The van der Waals surface area contributed by atoms with Gasteiger partial charge in [0, 0.05) is 0 Å². The van der Waals surface area contributed by atoms with Crippen LogP contribution in [0.4, 0.5) is 13.2 Å². The molecule has 1 aromatic rings. The second-order valence-corrected chi connectivity index (χ2v) is 6.05. The summed E-state index contributed by atoms with van der Waals surface area (Å²) in [5.74, 6) is -2.55. The number of benzene rings is 1. The summed E-state index contributed by atoms with van der Waals surface area (Å²) in [6, 6.07) is 7.13. The first-order valence-corrected chi connectivity index (χ1v) is 7.23. The average Bonchev–Trinajstić information content (AvgIpc) is 2.45. The molecule has 0 saturated heterocycles. The molecular weight excluding hydrogens is 327 g/mol. The number of amides is 1. The molecule has 1 unspecified atom stereocenters. The van der Waals surface area contributed by atoms with Crippen LogP contribution in [0.25, 0.3) is 0 Å². The fraction of sp³-hybridized carbons (Fsp3) is 0.500. The Balaban J connectivity index is 2.57. The van der Waals surface area contributed by atoms with Gasteiger partial charge in [0.15, 0.2) is 0 Å². The minimum absolute atomic E-state index is 0.0634. The molecule has 0 aromatic heterocycles. The van der Waals surface area contributed by atoms with Gasteiger partial charge < -0.3 is 15.2 Å². The topological polar surface area (TPSA) is 75.6 Å². The third-order valence-corrected chi connectivity index (χ3v) is 3.23. The van der Waals surface area contributed by atoms with E-state index in [1.54, 1.807) is 0 Å². The lowest BCUT2D eigenvalue weighted by molar-refractivity contribution is -0.161. The summed E-state index contributed by atoms with van der Waals surface area (Å²) in [6.45, 7) is 3.12. The number of ether oxygens (including phenoxy) is 1. The summed E-state index contributed by atoms with van der Waals surface area (Å²) in [6.07, 6.45) is -6.32. The number of halogens is 3. The van der Waals surface area contributed by atoms with Gasteiger partial charge in [-0.25, -0.2) is 4.79 Å². The lowest BCUT2D eigenvalue weighted by atomic mass is 9.93. The van der Waals surface area contributed by atoms with Gasteiger partial charge in [-0.3, -0.25) is 4.79 Å². The highest BCUT2D eigenvalue weighted by Crippen LogP contribution is 2.23. The van der Waals surface area contributed by atoms with Crippen molar-refractivity contribution in [3.05, 3.63) is 35.9 Å². The average molecular weight is 347 g/mol. The van der Waals surface area contributed by atoms with Gasteiger partial charge in [-0.2, -0.15) is 13.2 Å². The summed E-state index contributed by atoms with van der Waals surface area (Å²) in [5, 5.41) is 10.8. The van der Waals surface area contributed by atoms with Crippen LogP contribution < -0.4 is 5.32 Å². The highest BCUT2D eigenvalue weighted by atomic mass is 19.4. The fourth-order valence-corrected chi connectivity index (χ4v) is 1.85. The van der Waals surface area contributed by atoms with Crippen molar-refractivity contribution in [2.45, 2.75) is 39.1 Å². The van der Waals surface area contributed by atoms with Crippen molar-refractivity contribution in [2.24, 2.45) is 5.41 Å². The summed E-state index contributed by atoms with van der Waals surface area (Å²) >= 11 is 0. The van der Waals surface area contributed by atoms with Gasteiger partial charge >= 0.3 is 12.1 Å². The van der Waals surface area contributed by atoms with Crippen molar-refractivity contribution < 1.29 is 32.6 Å². The van der Waals surface area contributed by atoms with Crippen molar-refractivity contribution in [1.29, 1.82) is 0 Å². The number of rotatable bonds is 8. The van der Waals surface area contributed by atoms with Crippen LogP contribution in [0.5, 0.6) is 0 Å². The zero-order valence-electron chi connectivity index (χ0n) is 13.4. The van der Waals surface area contributed by atoms with E-state index in [0.29, 0.717) is 0 Å². The van der Waals surface area contributed by atoms with E-state index in [9.17, 15) is 22.8 Å². The molecule has 1 amide bonds. The first-order chi connectivity index (χ1) is 11.0. The molecule has 0 heterocycles. The lowest BCUT2D eigenvalue weighted by Gasteiger charge is -2.26. The summed E-state index contributed by atoms with van der Waals surface area (Å²) in [5.41, 5.74) is -0.289. The van der Waals surface area contributed by atoms with E-state index in [2.05, 4.69) is 0 Å². The van der Waals surface area contributed by atoms with Crippen LogP contribution in [0.2, 0.25) is 0 Å². The molecule has 5 nitrogen and oxygen atoms in total. The van der Waals surface area contributed by atoms with Crippen LogP contribution >= 0.6 is 0 Å². The van der Waals surface area contributed by atoms with E-state index in [1.807, 2.05) is 35.6 Å². The second-order valence-electron chi connectivity index (χ2n) is 6.05. The smallest absolute Gasteiger partial charge is 0.391 e. The summed E-state index contributed by atoms with van der Waals surface area (Å²) in [4.78, 5) is 23.0. The van der Waals surface area contributed by atoms with Crippen molar-refractivity contribution in [2.75, 3.05) is 6.61 Å². The number of hydrogen-bond donors (Lipinski definition) is 2. The first kappa shape index (κ1) is 20.0. The zero-order chi connectivity index (χ0) is 18.4. The maximum Gasteiger partial charge on any atom is 0.391 e. The molecule has 1 rings (SSSR count). The predicted molar refractivity (Wildman–Crippen MR) is 80.1 cm³/mol. The molecule has 0 saturated carbocycles. The van der Waals surface area contributed by atoms with Gasteiger partial charge in [0.1, 0.15) is 6.04 Å². The first-order valence-electron chi connectivity index (χ1n) is 7.23. The molecular formula is C16H20F3NO4. The fourth-order valence-electron chi connectivity index (χ4n) is 1.85. The molecule has 0 aliphatic rings. The van der Waals surface area contributed by atoms with Gasteiger partial charge in [-0.05, 0) is 19.4 Å². The molecule has 0 aliphatic heterocycles. The van der Waals surface area contributed by atoms with Crippen LogP contribution in [0.15, 0.2) is 30.3 Å². The largest absolute Gasteiger partial charge is 0.480 e. The number of carbonyl (C=O) groups is 2. The number of carboxylic acid groups (broad SMARTS) is 1. The SMILES string of the molecule is CC(C)(COCc1ccccc1)C(=O)NC(CC(F)(F)F)C(=O)O. The highest BCUT2D eigenvalue weighted by Gasteiger charge is 2.38. The normalized spacial score (nSPS) is 13.4. The number of hydrogen-bond acceptors (Lipinski definition) is 3. The molecule has 0 bridgehead atoms. The van der Waals surface area contributed by atoms with Crippen LogP contribution in [0, 0.1) is 5.41 Å². The van der Waals surface area contributed by atoms with E-state index in [-0.39, 0.29) is 13.2 Å². The summed E-state index contributed by atoms with van der Waals surface area (Å²) < 4.78 is 42.5. The van der Waals surface area contributed by atoms with Crippen LogP contribution in [-0.2, 0) is 20.9 Å². The maximum absolute atomic E-state index is 12.4. The standard InChI is InChI=1S/C16H20F3NO4/c1-15(2,10-24-9-11-6-4-3-5-7-11)14(23)20-12(13(21)22)8-16(17,18)19/h3-7,12H,8-10H2,1-2H3,(H,20,23)(H,21,22). The van der Waals surface area contributed by atoms with Gasteiger partial charge in [0.05, 0.1) is 25.0 Å². The van der Waals surface area contributed by atoms with Gasteiger partial charge in [-0.1, -0.05) is 30.3 Å². The molecule has 8 heteroatoms. The molecule has 1 aromatic carbocycles. The quantitative estimate of drug-likeness (QED) is 0.758. The zero-order valence-corrected chi connectivity index (χ0v) is 13.4. The Morgan fingerprint density at radius 1 is 1.21 bits per heavy atom. The Hall–Kier alpha value is -2.09. The van der Waals surface area contributed by atoms with E-state index in [0.717, 1.165) is 5.56 Å². The van der Waals surface area contributed by atoms with Crippen LogP contribution in [0.3, 0.4) is 0 Å². The highest BCUT2D eigenvalue weighted by molar-refractivity contribution is 5.87. The molecule has 0 fully saturated rings. The van der Waals surface area contributed by atoms with Gasteiger partial charge in [0.2, 0.25) is 5.91 Å². The Morgan fingerprint density at radius 2 is 1.79 bits per heavy atom. The minimum atomic E-state index is -4.69. The van der Waals surface area contributed by atoms with Crippen molar-refractivity contribution in [1.82, 2.24) is 5.32 Å². The third-order valence-electron chi connectivity index (χ3n) is 3.23. The Morgan fingerprint density at radius 3 is 2.29 bits per heavy atom. The maximum atomic E-state index is 12.4. The molecule has 0 radical (unpaired) electrons. The molecule has 0 spiro atoms. The second kappa shape index (κ2) is 8.14. The number of aliphatic carboxylic acids is 1. The van der Waals surface area contributed by atoms with E-state index < -0.39 is 35.9 Å². The Labute approximate surface area is 137 Å². The van der Waals surface area contributed by atoms with E-state index >= 15 is 0 Å².